The summed E-state index contributed by atoms with van der Waals surface area (Å²) in [6.07, 6.45) is 6.95. The molecule has 0 amide bonds. The first kappa shape index (κ1) is 13.6. The van der Waals surface area contributed by atoms with Crippen LogP contribution in [0.25, 0.3) is 10.8 Å². The molecule has 106 valence electrons. The first-order chi connectivity index (χ1) is 9.81. The average molecular weight is 267 g/mol. The zero-order valence-corrected chi connectivity index (χ0v) is 12.7. The smallest absolute Gasteiger partial charge is 0.0352 e. The van der Waals surface area contributed by atoms with Gasteiger partial charge in [-0.2, -0.15) is 0 Å². The van der Waals surface area contributed by atoms with E-state index in [1.54, 1.807) is 0 Å². The highest BCUT2D eigenvalue weighted by molar-refractivity contribution is 5.88. The summed E-state index contributed by atoms with van der Waals surface area (Å²) in [4.78, 5) is 0. The second-order valence-corrected chi connectivity index (χ2v) is 6.18. The van der Waals surface area contributed by atoms with E-state index in [4.69, 9.17) is 0 Å². The fourth-order valence-electron chi connectivity index (χ4n) is 3.86. The normalized spacial score (nSPS) is 18.3. The molecular weight excluding hydrogens is 242 g/mol. The molecule has 1 unspecified atom stereocenters. The number of aryl methyl sites for hydroxylation is 1. The lowest BCUT2D eigenvalue weighted by molar-refractivity contribution is 0.283. The van der Waals surface area contributed by atoms with Gasteiger partial charge in [-0.3, -0.25) is 0 Å². The maximum Gasteiger partial charge on any atom is 0.0352 e. The maximum atomic E-state index is 3.60. The number of rotatable bonds is 3. The Kier molecular flexibility index (Phi) is 4.07. The minimum atomic E-state index is 0.501. The van der Waals surface area contributed by atoms with Gasteiger partial charge >= 0.3 is 0 Å². The van der Waals surface area contributed by atoms with Crippen molar-refractivity contribution in [1.29, 1.82) is 0 Å². The van der Waals surface area contributed by atoms with E-state index in [1.165, 1.54) is 54.0 Å². The summed E-state index contributed by atoms with van der Waals surface area (Å²) >= 11 is 0. The topological polar surface area (TPSA) is 12.0 Å². The summed E-state index contributed by atoms with van der Waals surface area (Å²) in [5, 5.41) is 6.43. The highest BCUT2D eigenvalue weighted by atomic mass is 14.9. The highest BCUT2D eigenvalue weighted by Gasteiger charge is 2.25. The van der Waals surface area contributed by atoms with Crippen molar-refractivity contribution in [2.75, 3.05) is 7.05 Å². The number of fused-ring (bicyclic) bond motifs is 1. The van der Waals surface area contributed by atoms with Crippen LogP contribution in [0.15, 0.2) is 36.4 Å². The fraction of sp³-hybridized carbons (Fsp3) is 0.474. The van der Waals surface area contributed by atoms with Gasteiger partial charge in [0.15, 0.2) is 0 Å². The predicted octanol–water partition coefficient (Wildman–Crippen LogP) is 4.99. The molecule has 3 rings (SSSR count). The van der Waals surface area contributed by atoms with Gasteiger partial charge in [0, 0.05) is 6.04 Å². The summed E-state index contributed by atoms with van der Waals surface area (Å²) in [6, 6.07) is 14.0. The quantitative estimate of drug-likeness (QED) is 0.826. The van der Waals surface area contributed by atoms with Gasteiger partial charge in [0.2, 0.25) is 0 Å². The first-order valence-corrected chi connectivity index (χ1v) is 7.97. The standard InChI is InChI=1S/C19H25N/c1-14-12-13-18(17-11-7-6-10-16(14)17)19(20-2)15-8-4-3-5-9-15/h6-7,10-13,15,19-20H,3-5,8-9H2,1-2H3. The van der Waals surface area contributed by atoms with E-state index in [9.17, 15) is 0 Å². The summed E-state index contributed by atoms with van der Waals surface area (Å²) in [6.45, 7) is 2.21. The molecule has 2 aromatic carbocycles. The molecule has 1 aliphatic rings. The molecule has 0 heterocycles. The lowest BCUT2D eigenvalue weighted by Gasteiger charge is -2.31. The van der Waals surface area contributed by atoms with Crippen molar-refractivity contribution in [3.63, 3.8) is 0 Å². The van der Waals surface area contributed by atoms with Gasteiger partial charge in [-0.05, 0) is 54.6 Å². The summed E-state index contributed by atoms with van der Waals surface area (Å²) in [7, 11) is 2.12. The Balaban J connectivity index is 2.05. The molecule has 0 bridgehead atoms. The molecule has 0 aliphatic heterocycles. The van der Waals surface area contributed by atoms with E-state index < -0.39 is 0 Å². The Labute approximate surface area is 122 Å². The van der Waals surface area contributed by atoms with Crippen LogP contribution in [-0.4, -0.2) is 7.05 Å². The molecule has 0 saturated heterocycles. The van der Waals surface area contributed by atoms with E-state index in [2.05, 4.69) is 55.7 Å². The largest absolute Gasteiger partial charge is 0.313 e. The Morgan fingerprint density at radius 2 is 1.65 bits per heavy atom. The van der Waals surface area contributed by atoms with Gasteiger partial charge in [-0.1, -0.05) is 55.7 Å². The third-order valence-electron chi connectivity index (χ3n) is 4.94. The molecule has 1 N–H and O–H groups in total. The minimum absolute atomic E-state index is 0.501. The van der Waals surface area contributed by atoms with Gasteiger partial charge in [0.25, 0.3) is 0 Å². The number of hydrogen-bond acceptors (Lipinski definition) is 1. The predicted molar refractivity (Wildman–Crippen MR) is 87.1 cm³/mol. The van der Waals surface area contributed by atoms with E-state index in [0.29, 0.717) is 6.04 Å². The molecule has 0 spiro atoms. The second kappa shape index (κ2) is 5.97. The SMILES string of the molecule is CNC(c1ccc(C)c2ccccc12)C1CCCCC1. The summed E-state index contributed by atoms with van der Waals surface area (Å²) in [5.41, 5.74) is 2.86. The zero-order valence-electron chi connectivity index (χ0n) is 12.7. The van der Waals surface area contributed by atoms with Crippen LogP contribution in [0.3, 0.4) is 0 Å². The van der Waals surface area contributed by atoms with Crippen molar-refractivity contribution in [2.24, 2.45) is 5.92 Å². The van der Waals surface area contributed by atoms with Crippen LogP contribution in [0.4, 0.5) is 0 Å². The van der Waals surface area contributed by atoms with Gasteiger partial charge in [-0.25, -0.2) is 0 Å². The van der Waals surface area contributed by atoms with Crippen LogP contribution >= 0.6 is 0 Å². The second-order valence-electron chi connectivity index (χ2n) is 6.18. The lowest BCUT2D eigenvalue weighted by Crippen LogP contribution is -2.27. The minimum Gasteiger partial charge on any atom is -0.313 e. The Bertz CT molecular complexity index is 581. The molecule has 1 saturated carbocycles. The summed E-state index contributed by atoms with van der Waals surface area (Å²) in [5.74, 6) is 0.792. The van der Waals surface area contributed by atoms with Gasteiger partial charge < -0.3 is 5.32 Å². The van der Waals surface area contributed by atoms with Crippen molar-refractivity contribution in [2.45, 2.75) is 45.1 Å². The van der Waals surface area contributed by atoms with E-state index in [0.717, 1.165) is 5.92 Å². The molecule has 2 aromatic rings. The average Bonchev–Trinajstić information content (AvgIpc) is 2.52. The van der Waals surface area contributed by atoms with Crippen LogP contribution in [0.2, 0.25) is 0 Å². The molecule has 1 atom stereocenters. The van der Waals surface area contributed by atoms with Crippen LogP contribution in [0.5, 0.6) is 0 Å². The number of benzene rings is 2. The maximum absolute atomic E-state index is 3.60. The third-order valence-corrected chi connectivity index (χ3v) is 4.94. The lowest BCUT2D eigenvalue weighted by atomic mass is 9.80. The van der Waals surface area contributed by atoms with Gasteiger partial charge in [0.05, 0.1) is 0 Å². The van der Waals surface area contributed by atoms with Crippen LogP contribution < -0.4 is 5.32 Å². The van der Waals surface area contributed by atoms with Crippen molar-refractivity contribution in [3.8, 4) is 0 Å². The molecular formula is C19H25N. The molecule has 0 radical (unpaired) electrons. The Morgan fingerprint density at radius 3 is 2.35 bits per heavy atom. The fourth-order valence-corrected chi connectivity index (χ4v) is 3.86. The van der Waals surface area contributed by atoms with Crippen LogP contribution in [0.1, 0.15) is 49.3 Å². The molecule has 1 nitrogen and oxygen atoms in total. The Hall–Kier alpha value is -1.34. The van der Waals surface area contributed by atoms with Gasteiger partial charge in [-0.15, -0.1) is 0 Å². The van der Waals surface area contributed by atoms with Gasteiger partial charge in [0.1, 0.15) is 0 Å². The first-order valence-electron chi connectivity index (χ1n) is 7.97. The van der Waals surface area contributed by atoms with Crippen LogP contribution in [-0.2, 0) is 0 Å². The third kappa shape index (κ3) is 2.47. The Morgan fingerprint density at radius 1 is 0.950 bits per heavy atom. The van der Waals surface area contributed by atoms with Crippen molar-refractivity contribution in [1.82, 2.24) is 5.32 Å². The molecule has 0 aromatic heterocycles. The molecule has 1 heteroatoms. The van der Waals surface area contributed by atoms with Crippen molar-refractivity contribution < 1.29 is 0 Å². The van der Waals surface area contributed by atoms with E-state index in [-0.39, 0.29) is 0 Å². The van der Waals surface area contributed by atoms with Crippen LogP contribution in [0, 0.1) is 12.8 Å². The monoisotopic (exact) mass is 267 g/mol. The van der Waals surface area contributed by atoms with E-state index >= 15 is 0 Å². The molecule has 1 fully saturated rings. The zero-order chi connectivity index (χ0) is 13.9. The number of nitrogens with one attached hydrogen (secondary N) is 1. The van der Waals surface area contributed by atoms with Crippen molar-refractivity contribution in [3.05, 3.63) is 47.5 Å². The summed E-state index contributed by atoms with van der Waals surface area (Å²) < 4.78 is 0. The molecule has 20 heavy (non-hydrogen) atoms. The van der Waals surface area contributed by atoms with Crippen molar-refractivity contribution >= 4 is 10.8 Å². The molecule has 1 aliphatic carbocycles. The number of hydrogen-bond donors (Lipinski definition) is 1. The highest BCUT2D eigenvalue weighted by Crippen LogP contribution is 2.37. The van der Waals surface area contributed by atoms with E-state index in [1.807, 2.05) is 0 Å².